The summed E-state index contributed by atoms with van der Waals surface area (Å²) in [5, 5.41) is 0. The van der Waals surface area contributed by atoms with Crippen LogP contribution < -0.4 is 4.74 Å². The molecule has 4 heteroatoms. The molecule has 0 bridgehead atoms. The molecule has 0 aliphatic rings. The summed E-state index contributed by atoms with van der Waals surface area (Å²) in [4.78, 5) is 15.6. The lowest BCUT2D eigenvalue weighted by Crippen LogP contribution is -2.19. The lowest BCUT2D eigenvalue weighted by molar-refractivity contribution is -0.141. The zero-order chi connectivity index (χ0) is 13.4. The Hall–Kier alpha value is -2.10. The van der Waals surface area contributed by atoms with Crippen molar-refractivity contribution in [3.63, 3.8) is 0 Å². The second-order valence-corrected chi connectivity index (χ2v) is 3.61. The van der Waals surface area contributed by atoms with Crippen molar-refractivity contribution in [2.24, 2.45) is 4.99 Å². The Morgan fingerprint density at radius 3 is 2.56 bits per heavy atom. The molecule has 1 atom stereocenters. The van der Waals surface area contributed by atoms with E-state index in [9.17, 15) is 4.79 Å². The number of benzene rings is 1. The Balaban J connectivity index is 2.74. The number of hydrogen-bond acceptors (Lipinski definition) is 4. The van der Waals surface area contributed by atoms with Crippen molar-refractivity contribution in [1.82, 2.24) is 0 Å². The van der Waals surface area contributed by atoms with Gasteiger partial charge in [-0.15, -0.1) is 6.58 Å². The fourth-order valence-electron chi connectivity index (χ4n) is 1.38. The molecule has 0 saturated heterocycles. The highest BCUT2D eigenvalue weighted by molar-refractivity contribution is 5.84. The number of carbonyl (C=O) groups excluding carboxylic acids is 1. The van der Waals surface area contributed by atoms with Crippen LogP contribution in [0.5, 0.6) is 5.75 Å². The average molecular weight is 247 g/mol. The first kappa shape index (κ1) is 14.0. The van der Waals surface area contributed by atoms with E-state index in [0.717, 1.165) is 11.3 Å². The SMILES string of the molecule is C=CC[C@@H](/N=C/c1ccc(OC)cc1)C(=O)OC. The summed E-state index contributed by atoms with van der Waals surface area (Å²) in [6, 6.07) is 6.87. The van der Waals surface area contributed by atoms with E-state index < -0.39 is 6.04 Å². The standard InChI is InChI=1S/C14H17NO3/c1-4-5-13(14(16)18-3)15-10-11-6-8-12(17-2)9-7-11/h4,6-10,13H,1,5H2,2-3H3/b15-10+/t13-/m1/s1. The monoisotopic (exact) mass is 247 g/mol. The van der Waals surface area contributed by atoms with E-state index in [1.165, 1.54) is 7.11 Å². The molecule has 96 valence electrons. The molecule has 0 radical (unpaired) electrons. The highest BCUT2D eigenvalue weighted by Crippen LogP contribution is 2.10. The number of esters is 1. The van der Waals surface area contributed by atoms with Crippen LogP contribution in [0, 0.1) is 0 Å². The predicted octanol–water partition coefficient (Wildman–Crippen LogP) is 2.23. The van der Waals surface area contributed by atoms with Crippen molar-refractivity contribution in [2.45, 2.75) is 12.5 Å². The van der Waals surface area contributed by atoms with Gasteiger partial charge in [0, 0.05) is 6.21 Å². The Kier molecular flexibility index (Phi) is 5.64. The van der Waals surface area contributed by atoms with Gasteiger partial charge in [0.15, 0.2) is 6.04 Å². The van der Waals surface area contributed by atoms with Gasteiger partial charge in [-0.1, -0.05) is 6.08 Å². The van der Waals surface area contributed by atoms with Crippen LogP contribution in [0.3, 0.4) is 0 Å². The maximum atomic E-state index is 11.4. The summed E-state index contributed by atoms with van der Waals surface area (Å²) in [7, 11) is 2.96. The summed E-state index contributed by atoms with van der Waals surface area (Å²) in [6.07, 6.45) is 3.75. The normalized spacial score (nSPS) is 12.1. The van der Waals surface area contributed by atoms with Gasteiger partial charge in [0.2, 0.25) is 0 Å². The van der Waals surface area contributed by atoms with E-state index in [0.29, 0.717) is 6.42 Å². The number of methoxy groups -OCH3 is 2. The first-order valence-electron chi connectivity index (χ1n) is 5.57. The molecule has 18 heavy (non-hydrogen) atoms. The highest BCUT2D eigenvalue weighted by Gasteiger charge is 2.14. The molecule has 1 aromatic rings. The Morgan fingerprint density at radius 1 is 1.39 bits per heavy atom. The number of rotatable bonds is 6. The third-order valence-corrected chi connectivity index (χ3v) is 2.38. The highest BCUT2D eigenvalue weighted by atomic mass is 16.5. The van der Waals surface area contributed by atoms with Gasteiger partial charge < -0.3 is 9.47 Å². The van der Waals surface area contributed by atoms with Crippen molar-refractivity contribution in [3.8, 4) is 5.75 Å². The predicted molar refractivity (Wildman–Crippen MR) is 71.2 cm³/mol. The maximum absolute atomic E-state index is 11.4. The molecule has 0 amide bonds. The van der Waals surface area contributed by atoms with Crippen molar-refractivity contribution in [2.75, 3.05) is 14.2 Å². The van der Waals surface area contributed by atoms with Crippen LogP contribution in [-0.2, 0) is 9.53 Å². The number of hydrogen-bond donors (Lipinski definition) is 0. The molecule has 0 aromatic heterocycles. The average Bonchev–Trinajstić information content (AvgIpc) is 2.43. The molecule has 0 unspecified atom stereocenters. The second-order valence-electron chi connectivity index (χ2n) is 3.61. The number of aliphatic imine (C=N–C) groups is 1. The van der Waals surface area contributed by atoms with Crippen molar-refractivity contribution >= 4 is 12.2 Å². The summed E-state index contributed by atoms with van der Waals surface area (Å²) in [5.41, 5.74) is 0.897. The van der Waals surface area contributed by atoms with Crippen molar-refractivity contribution in [1.29, 1.82) is 0 Å². The van der Waals surface area contributed by atoms with E-state index in [-0.39, 0.29) is 5.97 Å². The minimum absolute atomic E-state index is 0.361. The molecule has 0 spiro atoms. The van der Waals surface area contributed by atoms with Gasteiger partial charge in [-0.25, -0.2) is 4.79 Å². The Labute approximate surface area is 107 Å². The molecular weight excluding hydrogens is 230 g/mol. The van der Waals surface area contributed by atoms with Crippen LogP contribution in [0.4, 0.5) is 0 Å². The van der Waals surface area contributed by atoms with Gasteiger partial charge >= 0.3 is 5.97 Å². The minimum atomic E-state index is -0.533. The first-order chi connectivity index (χ1) is 8.71. The van der Waals surface area contributed by atoms with E-state index >= 15 is 0 Å². The molecule has 0 fully saturated rings. The van der Waals surface area contributed by atoms with Crippen LogP contribution in [0.1, 0.15) is 12.0 Å². The third kappa shape index (κ3) is 4.05. The van der Waals surface area contributed by atoms with Gasteiger partial charge in [0.1, 0.15) is 5.75 Å². The first-order valence-corrected chi connectivity index (χ1v) is 5.57. The molecule has 4 nitrogen and oxygen atoms in total. The van der Waals surface area contributed by atoms with Crippen LogP contribution in [0.25, 0.3) is 0 Å². The van der Waals surface area contributed by atoms with Gasteiger partial charge in [-0.3, -0.25) is 4.99 Å². The van der Waals surface area contributed by atoms with Crippen LogP contribution >= 0.6 is 0 Å². The molecule has 0 heterocycles. The molecule has 0 aliphatic heterocycles. The topological polar surface area (TPSA) is 47.9 Å². The second kappa shape index (κ2) is 7.27. The summed E-state index contributed by atoms with van der Waals surface area (Å²) >= 11 is 0. The lowest BCUT2D eigenvalue weighted by atomic mass is 10.2. The van der Waals surface area contributed by atoms with Crippen LogP contribution in [0.15, 0.2) is 41.9 Å². The number of nitrogens with zero attached hydrogens (tertiary/aromatic N) is 1. The fraction of sp³-hybridized carbons (Fsp3) is 0.286. The molecule has 1 rings (SSSR count). The largest absolute Gasteiger partial charge is 0.497 e. The Morgan fingerprint density at radius 2 is 2.06 bits per heavy atom. The van der Waals surface area contributed by atoms with Crippen LogP contribution in [0.2, 0.25) is 0 Å². The summed E-state index contributed by atoms with van der Waals surface area (Å²) in [5.74, 6) is 0.419. The molecule has 1 aromatic carbocycles. The van der Waals surface area contributed by atoms with E-state index in [1.807, 2.05) is 24.3 Å². The van der Waals surface area contributed by atoms with E-state index in [4.69, 9.17) is 4.74 Å². The van der Waals surface area contributed by atoms with Crippen molar-refractivity contribution < 1.29 is 14.3 Å². The Bertz CT molecular complexity index is 423. The van der Waals surface area contributed by atoms with E-state index in [2.05, 4.69) is 16.3 Å². The summed E-state index contributed by atoms with van der Waals surface area (Å²) in [6.45, 7) is 3.60. The lowest BCUT2D eigenvalue weighted by Gasteiger charge is -2.07. The minimum Gasteiger partial charge on any atom is -0.497 e. The van der Waals surface area contributed by atoms with Gasteiger partial charge in [-0.2, -0.15) is 0 Å². The molecule has 0 saturated carbocycles. The molecule has 0 N–H and O–H groups in total. The van der Waals surface area contributed by atoms with E-state index in [1.54, 1.807) is 19.4 Å². The zero-order valence-electron chi connectivity index (χ0n) is 10.6. The van der Waals surface area contributed by atoms with Crippen molar-refractivity contribution in [3.05, 3.63) is 42.5 Å². The smallest absolute Gasteiger partial charge is 0.330 e. The molecular formula is C14H17NO3. The van der Waals surface area contributed by atoms with Crippen LogP contribution in [-0.4, -0.2) is 32.4 Å². The van der Waals surface area contributed by atoms with Gasteiger partial charge in [0.25, 0.3) is 0 Å². The number of carbonyl (C=O) groups is 1. The van der Waals surface area contributed by atoms with Gasteiger partial charge in [0.05, 0.1) is 14.2 Å². The number of ether oxygens (including phenoxy) is 2. The third-order valence-electron chi connectivity index (χ3n) is 2.38. The maximum Gasteiger partial charge on any atom is 0.330 e. The molecule has 0 aliphatic carbocycles. The zero-order valence-corrected chi connectivity index (χ0v) is 10.6. The quantitative estimate of drug-likeness (QED) is 0.440. The van der Waals surface area contributed by atoms with Gasteiger partial charge in [-0.05, 0) is 36.2 Å². The summed E-state index contributed by atoms with van der Waals surface area (Å²) < 4.78 is 9.73. The fourth-order valence-corrected chi connectivity index (χ4v) is 1.38.